The number of primary amides is 1. The molecule has 1 aromatic carbocycles. The van der Waals surface area contributed by atoms with Crippen molar-refractivity contribution in [2.24, 2.45) is 41.1 Å². The van der Waals surface area contributed by atoms with E-state index in [1.807, 2.05) is 18.2 Å². The van der Waals surface area contributed by atoms with Gasteiger partial charge in [-0.1, -0.05) is 6.07 Å². The number of carbonyl (C=O) groups excluding carboxylic acids is 1. The number of rotatable bonds is 8. The van der Waals surface area contributed by atoms with Gasteiger partial charge >= 0.3 is 6.18 Å². The molecule has 1 aromatic heterocycles. The lowest BCUT2D eigenvalue weighted by atomic mass is 9.65. The number of aromatic nitrogens is 2. The van der Waals surface area contributed by atoms with Crippen molar-refractivity contribution in [1.82, 2.24) is 9.97 Å². The average Bonchev–Trinajstić information content (AvgIpc) is 3.42. The second kappa shape index (κ2) is 9.18. The van der Waals surface area contributed by atoms with Crippen LogP contribution in [-0.4, -0.2) is 28.0 Å². The first-order valence-corrected chi connectivity index (χ1v) is 11.9. The summed E-state index contributed by atoms with van der Waals surface area (Å²) >= 11 is 0. The maximum atomic E-state index is 13.6. The van der Waals surface area contributed by atoms with E-state index in [2.05, 4.69) is 9.97 Å². The molecule has 1 heterocycles. The van der Waals surface area contributed by atoms with Gasteiger partial charge in [-0.25, -0.2) is 13.8 Å². The Hall–Kier alpha value is -1.94. The first kappa shape index (κ1) is 26.1. The Morgan fingerprint density at radius 1 is 1.14 bits per heavy atom. The topological polar surface area (TPSA) is 97.8 Å². The van der Waals surface area contributed by atoms with Gasteiger partial charge in [0.05, 0.1) is 17.1 Å². The van der Waals surface area contributed by atoms with Gasteiger partial charge < -0.3 is 16.5 Å². The van der Waals surface area contributed by atoms with Gasteiger partial charge in [0, 0.05) is 25.2 Å². The van der Waals surface area contributed by atoms with E-state index in [1.165, 1.54) is 0 Å². The SMILES string of the molecule is Cl.NC(=O)C(C1CC(F)(F)C1)[C@H](c1ccc2nc([C@@H](N)C3CC(CC(F)(F)F)C3)[nH]c2c1)C1CC1. The Morgan fingerprint density at radius 2 is 1.80 bits per heavy atom. The van der Waals surface area contributed by atoms with Gasteiger partial charge in [-0.15, -0.1) is 12.4 Å². The Labute approximate surface area is 206 Å². The molecular formula is C24H30ClF5N4O. The molecule has 0 bridgehead atoms. The van der Waals surface area contributed by atoms with Crippen molar-refractivity contribution >= 4 is 29.3 Å². The van der Waals surface area contributed by atoms with Gasteiger partial charge in [-0.2, -0.15) is 13.2 Å². The number of imidazole rings is 1. The van der Waals surface area contributed by atoms with E-state index in [9.17, 15) is 26.7 Å². The smallest absolute Gasteiger partial charge is 0.369 e. The number of hydrogen-bond donors (Lipinski definition) is 3. The monoisotopic (exact) mass is 520 g/mol. The van der Waals surface area contributed by atoms with Crippen molar-refractivity contribution in [1.29, 1.82) is 0 Å². The summed E-state index contributed by atoms with van der Waals surface area (Å²) in [6, 6.07) is 5.08. The number of fused-ring (bicyclic) bond motifs is 1. The number of amides is 1. The molecule has 3 atom stereocenters. The number of benzene rings is 1. The lowest BCUT2D eigenvalue weighted by Crippen LogP contribution is -2.46. The molecule has 1 unspecified atom stereocenters. The lowest BCUT2D eigenvalue weighted by Gasteiger charge is -2.42. The highest BCUT2D eigenvalue weighted by molar-refractivity contribution is 5.85. The van der Waals surface area contributed by atoms with Gasteiger partial charge in [-0.3, -0.25) is 4.79 Å². The van der Waals surface area contributed by atoms with Gasteiger partial charge in [0.25, 0.3) is 0 Å². The number of halogens is 6. The Kier molecular flexibility index (Phi) is 6.85. The van der Waals surface area contributed by atoms with E-state index in [1.54, 1.807) is 0 Å². The van der Waals surface area contributed by atoms with Crippen molar-refractivity contribution in [3.05, 3.63) is 29.6 Å². The van der Waals surface area contributed by atoms with E-state index in [-0.39, 0.29) is 43.0 Å². The number of hydrogen-bond acceptors (Lipinski definition) is 3. The van der Waals surface area contributed by atoms with Gasteiger partial charge in [0.2, 0.25) is 11.8 Å². The summed E-state index contributed by atoms with van der Waals surface area (Å²) in [6.07, 6.45) is -2.89. The van der Waals surface area contributed by atoms with Crippen LogP contribution in [0.3, 0.4) is 0 Å². The van der Waals surface area contributed by atoms with Gasteiger partial charge in [0.15, 0.2) is 0 Å². The molecule has 3 aliphatic rings. The highest BCUT2D eigenvalue weighted by Crippen LogP contribution is 2.55. The number of carbonyl (C=O) groups is 1. The summed E-state index contributed by atoms with van der Waals surface area (Å²) < 4.78 is 64.9. The molecule has 0 radical (unpaired) electrons. The van der Waals surface area contributed by atoms with Crippen LogP contribution in [0.1, 0.15) is 68.3 Å². The standard InChI is InChI=1S/C24H29F5N4O.ClH/c25-23(26)9-15(10-23)19(21(31)34)18(12-1-2-12)13-3-4-16-17(7-13)33-22(32-16)20(30)14-5-11(6-14)8-24(27,28)29;/h3-4,7,11-12,14-15,18-20H,1-2,5-6,8-10,30H2,(H2,31,34)(H,32,33);1H/t11?,14?,18-,19?,20-;/m0./s1. The summed E-state index contributed by atoms with van der Waals surface area (Å²) in [5.41, 5.74) is 14.3. The first-order valence-electron chi connectivity index (χ1n) is 11.9. The molecule has 194 valence electrons. The maximum absolute atomic E-state index is 13.6. The Balaban J connectivity index is 0.00000289. The fourth-order valence-electron chi connectivity index (χ4n) is 6.10. The zero-order chi connectivity index (χ0) is 24.4. The summed E-state index contributed by atoms with van der Waals surface area (Å²) in [7, 11) is 0. The predicted octanol–water partition coefficient (Wildman–Crippen LogP) is 5.60. The average molecular weight is 521 g/mol. The quantitative estimate of drug-likeness (QED) is 0.395. The van der Waals surface area contributed by atoms with Crippen molar-refractivity contribution in [3.8, 4) is 0 Å². The molecule has 3 aliphatic carbocycles. The van der Waals surface area contributed by atoms with E-state index >= 15 is 0 Å². The summed E-state index contributed by atoms with van der Waals surface area (Å²) in [4.78, 5) is 20.1. The molecule has 35 heavy (non-hydrogen) atoms. The van der Waals surface area contributed by atoms with Crippen LogP contribution in [0.4, 0.5) is 22.0 Å². The highest BCUT2D eigenvalue weighted by Gasteiger charge is 2.54. The third-order valence-corrected chi connectivity index (χ3v) is 8.00. The fraction of sp³-hybridized carbons (Fsp3) is 0.667. The van der Waals surface area contributed by atoms with Crippen molar-refractivity contribution in [3.63, 3.8) is 0 Å². The lowest BCUT2D eigenvalue weighted by molar-refractivity contribution is -0.154. The molecular weight excluding hydrogens is 491 g/mol. The van der Waals surface area contributed by atoms with Gasteiger partial charge in [-0.05, 0) is 73.0 Å². The summed E-state index contributed by atoms with van der Waals surface area (Å²) in [5.74, 6) is -4.27. The molecule has 5 rings (SSSR count). The normalized spacial score (nSPS) is 26.8. The van der Waals surface area contributed by atoms with Crippen LogP contribution in [0.5, 0.6) is 0 Å². The van der Waals surface area contributed by atoms with Gasteiger partial charge in [0.1, 0.15) is 5.82 Å². The van der Waals surface area contributed by atoms with E-state index in [0.29, 0.717) is 29.7 Å². The number of nitrogens with zero attached hydrogens (tertiary/aromatic N) is 1. The van der Waals surface area contributed by atoms with Crippen LogP contribution in [0.2, 0.25) is 0 Å². The third kappa shape index (κ3) is 5.43. The fourth-order valence-corrected chi connectivity index (χ4v) is 6.10. The van der Waals surface area contributed by atoms with Crippen molar-refractivity contribution < 1.29 is 26.7 Å². The molecule has 1 amide bonds. The van der Waals surface area contributed by atoms with Crippen LogP contribution in [0.15, 0.2) is 18.2 Å². The van der Waals surface area contributed by atoms with Crippen molar-refractivity contribution in [2.75, 3.05) is 0 Å². The third-order valence-electron chi connectivity index (χ3n) is 8.00. The van der Waals surface area contributed by atoms with E-state index in [4.69, 9.17) is 11.5 Å². The molecule has 3 saturated carbocycles. The molecule has 5 N–H and O–H groups in total. The number of aromatic amines is 1. The number of nitrogens with two attached hydrogens (primary N) is 2. The molecule has 0 aliphatic heterocycles. The van der Waals surface area contributed by atoms with Crippen LogP contribution >= 0.6 is 12.4 Å². The molecule has 0 saturated heterocycles. The van der Waals surface area contributed by atoms with Crippen LogP contribution < -0.4 is 11.5 Å². The minimum atomic E-state index is -4.16. The predicted molar refractivity (Wildman–Crippen MR) is 123 cm³/mol. The summed E-state index contributed by atoms with van der Waals surface area (Å²) in [5, 5.41) is 0. The van der Waals surface area contributed by atoms with Crippen LogP contribution in [0.25, 0.3) is 11.0 Å². The maximum Gasteiger partial charge on any atom is 0.389 e. The molecule has 2 aromatic rings. The summed E-state index contributed by atoms with van der Waals surface area (Å²) in [6.45, 7) is 0. The van der Waals surface area contributed by atoms with Crippen molar-refractivity contribution in [2.45, 2.75) is 69.0 Å². The molecule has 5 nitrogen and oxygen atoms in total. The molecule has 11 heteroatoms. The number of nitrogens with one attached hydrogen (secondary N) is 1. The van der Waals surface area contributed by atoms with Crippen LogP contribution in [-0.2, 0) is 4.79 Å². The minimum Gasteiger partial charge on any atom is -0.369 e. The van der Waals surface area contributed by atoms with E-state index < -0.39 is 48.2 Å². The second-order valence-electron chi connectivity index (χ2n) is 10.7. The van der Waals surface area contributed by atoms with Crippen LogP contribution in [0, 0.1) is 29.6 Å². The molecule has 0 spiro atoms. The largest absolute Gasteiger partial charge is 0.389 e. The Morgan fingerprint density at radius 3 is 2.34 bits per heavy atom. The number of alkyl halides is 5. The molecule has 3 fully saturated rings. The number of H-pyrrole nitrogens is 1. The first-order chi connectivity index (χ1) is 15.9. The highest BCUT2D eigenvalue weighted by atomic mass is 35.5. The second-order valence-corrected chi connectivity index (χ2v) is 10.7. The zero-order valence-corrected chi connectivity index (χ0v) is 19.8. The van der Waals surface area contributed by atoms with E-state index in [0.717, 1.165) is 18.4 Å². The minimum absolute atomic E-state index is 0. The Bertz CT molecular complexity index is 1070. The zero-order valence-electron chi connectivity index (χ0n) is 19.0.